The molecular weight excluding hydrogens is 179 g/mol. The van der Waals surface area contributed by atoms with Crippen molar-refractivity contribution in [3.63, 3.8) is 0 Å². The molecule has 0 saturated heterocycles. The second-order valence-corrected chi connectivity index (χ2v) is 0. The van der Waals surface area contributed by atoms with E-state index in [9.17, 15) is 0 Å². The number of hydrogen-bond acceptors (Lipinski definition) is 0. The van der Waals surface area contributed by atoms with Crippen LogP contribution in [0.25, 0.3) is 0 Å². The van der Waals surface area contributed by atoms with Crippen LogP contribution in [0, 0.1) is 0 Å². The van der Waals surface area contributed by atoms with Gasteiger partial charge in [-0.25, -0.2) is 0 Å². The summed E-state index contributed by atoms with van der Waals surface area (Å²) >= 11 is 0. The van der Waals surface area contributed by atoms with Gasteiger partial charge in [-0.05, 0) is 0 Å². The molecule has 0 aromatic rings. The molecule has 20 valence electrons. The minimum absolute atomic E-state index is 0. The predicted octanol–water partition coefficient (Wildman–Crippen LogP) is -3.02. The fraction of sp³-hybridized carbons (Fsp3) is 0. The predicted molar refractivity (Wildman–Crippen MR) is 27.0 cm³/mol. The monoisotopic (exact) mass is 186 g/mol. The molecule has 0 aliphatic carbocycles. The van der Waals surface area contributed by atoms with Crippen LogP contribution in [0.4, 0.5) is 0 Å². The van der Waals surface area contributed by atoms with E-state index in [2.05, 4.69) is 0 Å². The molecule has 0 aliphatic rings. The van der Waals surface area contributed by atoms with Gasteiger partial charge in [0.15, 0.2) is 0 Å². The summed E-state index contributed by atoms with van der Waals surface area (Å²) in [6, 6.07) is 0. The minimum atomic E-state index is 0. The Kier molecular flexibility index (Phi) is 191. The summed E-state index contributed by atoms with van der Waals surface area (Å²) in [7, 11) is 0. The molecule has 0 radical (unpaired) electrons. The molecule has 0 heterocycles. The maximum atomic E-state index is 0. The van der Waals surface area contributed by atoms with Crippen LogP contribution in [-0.2, 0) is 19.5 Å². The van der Waals surface area contributed by atoms with E-state index in [0.717, 1.165) is 0 Å². The Labute approximate surface area is 67.4 Å². The van der Waals surface area contributed by atoms with Crippen LogP contribution in [-0.4, -0.2) is 48.5 Å². The average Bonchev–Trinajstić information content (AvgIpc) is 0. The summed E-state index contributed by atoms with van der Waals surface area (Å²) in [5, 5.41) is 0. The van der Waals surface area contributed by atoms with Crippen LogP contribution in [0.2, 0.25) is 0 Å². The van der Waals surface area contributed by atoms with Crippen molar-refractivity contribution in [2.75, 3.05) is 0 Å². The molecule has 0 saturated carbocycles. The summed E-state index contributed by atoms with van der Waals surface area (Å²) < 4.78 is 0. The maximum Gasteiger partial charge on any atom is 0 e. The van der Waals surface area contributed by atoms with Crippen LogP contribution in [0.15, 0.2) is 0 Å². The largest absolute Gasteiger partial charge is 0 e. The third-order valence-electron chi connectivity index (χ3n) is 0. The van der Waals surface area contributed by atoms with E-state index in [4.69, 9.17) is 0 Å². The molecule has 0 aromatic carbocycles. The van der Waals surface area contributed by atoms with Gasteiger partial charge in [0.25, 0.3) is 0 Å². The molecular formula is H7BMgSeZn. The first-order valence-electron chi connectivity index (χ1n) is 0. The van der Waals surface area contributed by atoms with E-state index in [-0.39, 0.29) is 68.0 Å². The number of hydrogen-bond donors (Lipinski definition) is 0. The minimum Gasteiger partial charge on any atom is 0 e. The van der Waals surface area contributed by atoms with E-state index in [0.29, 0.717) is 0 Å². The molecule has 0 aliphatic heterocycles. The average molecular weight is 187 g/mol. The third-order valence-corrected chi connectivity index (χ3v) is 0. The van der Waals surface area contributed by atoms with E-state index < -0.39 is 0 Å². The fourth-order valence-corrected chi connectivity index (χ4v) is 0. The van der Waals surface area contributed by atoms with Crippen molar-refractivity contribution in [3.05, 3.63) is 0 Å². The van der Waals surface area contributed by atoms with Crippen LogP contribution in [0.3, 0.4) is 0 Å². The topological polar surface area (TPSA) is 0 Å². The molecule has 0 unspecified atom stereocenters. The van der Waals surface area contributed by atoms with Gasteiger partial charge in [0.1, 0.15) is 0 Å². The maximum absolute atomic E-state index is 0. The molecule has 4 heavy (non-hydrogen) atoms. The zero-order valence-corrected chi connectivity index (χ0v) is 6.27. The molecule has 4 heteroatoms. The van der Waals surface area contributed by atoms with Gasteiger partial charge in [0, 0.05) is 19.5 Å². The van der Waals surface area contributed by atoms with Gasteiger partial charge in [-0.1, -0.05) is 0 Å². The standard InChI is InChI=1S/BH3.Mg.H2Se.Zn.2H/h1H3;;1H2;;;. The Hall–Kier alpha value is 1.97. The van der Waals surface area contributed by atoms with Gasteiger partial charge in [-0.2, -0.15) is 0 Å². The zero-order chi connectivity index (χ0) is 0. The quantitative estimate of drug-likeness (QED) is 0.354. The molecule has 0 N–H and O–H groups in total. The SMILES string of the molecule is B.[MgH2].[SeH2].[Zn]. The van der Waals surface area contributed by atoms with Gasteiger partial charge >= 0.3 is 40.1 Å². The van der Waals surface area contributed by atoms with E-state index in [1.807, 2.05) is 0 Å². The van der Waals surface area contributed by atoms with Gasteiger partial charge in [-0.15, -0.1) is 0 Å². The van der Waals surface area contributed by atoms with E-state index >= 15 is 0 Å². The normalized spacial score (nSPS) is 0. The molecule has 0 fully saturated rings. The Morgan fingerprint density at radius 1 is 1.00 bits per heavy atom. The third kappa shape index (κ3) is 9.02. The van der Waals surface area contributed by atoms with Crippen molar-refractivity contribution < 1.29 is 19.5 Å². The van der Waals surface area contributed by atoms with Crippen molar-refractivity contribution in [2.24, 2.45) is 0 Å². The van der Waals surface area contributed by atoms with E-state index in [1.54, 1.807) is 0 Å². The van der Waals surface area contributed by atoms with Crippen LogP contribution in [0.1, 0.15) is 0 Å². The smallest absolute Gasteiger partial charge is 0 e. The summed E-state index contributed by atoms with van der Waals surface area (Å²) in [5.74, 6) is 0. The summed E-state index contributed by atoms with van der Waals surface area (Å²) in [5.41, 5.74) is 0. The Balaban J connectivity index is 0. The van der Waals surface area contributed by atoms with Gasteiger partial charge in [0.2, 0.25) is 0 Å². The molecule has 0 nitrogen and oxygen atoms in total. The van der Waals surface area contributed by atoms with Crippen LogP contribution in [0.5, 0.6) is 0 Å². The van der Waals surface area contributed by atoms with Crippen molar-refractivity contribution >= 4 is 48.5 Å². The second-order valence-electron chi connectivity index (χ2n) is 0. The molecule has 0 amide bonds. The fourth-order valence-electron chi connectivity index (χ4n) is 0. The second kappa shape index (κ2) is 20.2. The number of rotatable bonds is 0. The zero-order valence-electron chi connectivity index (χ0n) is 1.21. The van der Waals surface area contributed by atoms with Crippen LogP contribution < -0.4 is 0 Å². The van der Waals surface area contributed by atoms with Crippen molar-refractivity contribution in [2.45, 2.75) is 0 Å². The molecule has 0 spiro atoms. The first-order valence-corrected chi connectivity index (χ1v) is 0. The molecule has 0 aromatic heterocycles. The summed E-state index contributed by atoms with van der Waals surface area (Å²) in [6.07, 6.45) is 0. The Morgan fingerprint density at radius 3 is 1.00 bits per heavy atom. The van der Waals surface area contributed by atoms with Gasteiger partial charge in [0.05, 0.1) is 8.41 Å². The molecule has 0 bridgehead atoms. The Bertz CT molecular complexity index is 8.00. The van der Waals surface area contributed by atoms with Crippen LogP contribution >= 0.6 is 0 Å². The van der Waals surface area contributed by atoms with Gasteiger partial charge < -0.3 is 0 Å². The van der Waals surface area contributed by atoms with Crippen molar-refractivity contribution in [1.82, 2.24) is 0 Å². The summed E-state index contributed by atoms with van der Waals surface area (Å²) in [6.45, 7) is 0. The molecule has 0 rings (SSSR count). The van der Waals surface area contributed by atoms with Crippen molar-refractivity contribution in [3.8, 4) is 0 Å². The first kappa shape index (κ1) is 37.9. The van der Waals surface area contributed by atoms with Crippen molar-refractivity contribution in [1.29, 1.82) is 0 Å². The molecule has 0 atom stereocenters. The first-order chi connectivity index (χ1) is 0. The van der Waals surface area contributed by atoms with E-state index in [1.165, 1.54) is 0 Å². The van der Waals surface area contributed by atoms with Gasteiger partial charge in [-0.3, -0.25) is 0 Å². The Morgan fingerprint density at radius 2 is 1.00 bits per heavy atom. The summed E-state index contributed by atoms with van der Waals surface area (Å²) in [4.78, 5) is 0.